The maximum Gasteiger partial charge on any atom is 0.242 e. The number of halogens is 1. The summed E-state index contributed by atoms with van der Waals surface area (Å²) in [7, 11) is -0.514. The topological polar surface area (TPSA) is 78.5 Å². The summed E-state index contributed by atoms with van der Waals surface area (Å²) >= 11 is 0. The zero-order valence-electron chi connectivity index (χ0n) is 13.4. The van der Waals surface area contributed by atoms with Gasteiger partial charge in [-0.2, -0.15) is 0 Å². The van der Waals surface area contributed by atoms with Gasteiger partial charge in [-0.3, -0.25) is 4.79 Å². The highest BCUT2D eigenvalue weighted by Crippen LogP contribution is 2.18. The fourth-order valence-corrected chi connectivity index (χ4v) is 3.62. The number of hydrogen-bond donors (Lipinski definition) is 2. The second kappa shape index (κ2) is 8.63. The molecule has 0 saturated carbocycles. The van der Waals surface area contributed by atoms with Gasteiger partial charge < -0.3 is 10.6 Å². The minimum absolute atomic E-state index is 0. The summed E-state index contributed by atoms with van der Waals surface area (Å²) in [5, 5.41) is 6.06. The van der Waals surface area contributed by atoms with E-state index in [1.165, 1.54) is 18.4 Å². The lowest BCUT2D eigenvalue weighted by Crippen LogP contribution is -2.40. The Kier molecular flexibility index (Phi) is 7.47. The van der Waals surface area contributed by atoms with Crippen LogP contribution in [-0.2, 0) is 21.4 Å². The third-order valence-electron chi connectivity index (χ3n) is 3.85. The average molecular weight is 362 g/mol. The lowest BCUT2D eigenvalue weighted by molar-refractivity contribution is -0.125. The first-order valence-corrected chi connectivity index (χ1v) is 8.86. The van der Waals surface area contributed by atoms with E-state index in [1.54, 1.807) is 24.3 Å². The van der Waals surface area contributed by atoms with Crippen molar-refractivity contribution in [3.05, 3.63) is 29.8 Å². The number of carbonyl (C=O) groups is 1. The second-order valence-electron chi connectivity index (χ2n) is 5.66. The Morgan fingerprint density at radius 2 is 2.04 bits per heavy atom. The first-order chi connectivity index (χ1) is 10.4. The van der Waals surface area contributed by atoms with Crippen molar-refractivity contribution in [2.45, 2.75) is 24.3 Å². The molecule has 1 amide bonds. The van der Waals surface area contributed by atoms with Gasteiger partial charge in [0.15, 0.2) is 0 Å². The smallest absolute Gasteiger partial charge is 0.242 e. The molecule has 23 heavy (non-hydrogen) atoms. The fraction of sp³-hybridized carbons (Fsp3) is 0.533. The van der Waals surface area contributed by atoms with E-state index in [2.05, 4.69) is 10.6 Å². The number of benzene rings is 1. The molecule has 0 aliphatic carbocycles. The third kappa shape index (κ3) is 4.91. The van der Waals surface area contributed by atoms with Crippen molar-refractivity contribution in [3.8, 4) is 0 Å². The summed E-state index contributed by atoms with van der Waals surface area (Å²) in [5.41, 5.74) is 0.605. The van der Waals surface area contributed by atoms with Crippen LogP contribution in [0.1, 0.15) is 18.4 Å². The van der Waals surface area contributed by atoms with Gasteiger partial charge in [0.25, 0.3) is 0 Å². The van der Waals surface area contributed by atoms with Crippen LogP contribution in [0.3, 0.4) is 0 Å². The van der Waals surface area contributed by atoms with Gasteiger partial charge in [-0.1, -0.05) is 18.2 Å². The van der Waals surface area contributed by atoms with E-state index >= 15 is 0 Å². The van der Waals surface area contributed by atoms with Crippen LogP contribution in [0.5, 0.6) is 0 Å². The van der Waals surface area contributed by atoms with Crippen LogP contribution in [0.2, 0.25) is 0 Å². The van der Waals surface area contributed by atoms with E-state index in [9.17, 15) is 13.2 Å². The summed E-state index contributed by atoms with van der Waals surface area (Å²) in [6, 6.07) is 6.76. The summed E-state index contributed by atoms with van der Waals surface area (Å²) < 4.78 is 25.8. The van der Waals surface area contributed by atoms with Gasteiger partial charge in [0.1, 0.15) is 0 Å². The molecule has 0 spiro atoms. The molecule has 1 aromatic rings. The van der Waals surface area contributed by atoms with Gasteiger partial charge in [-0.05, 0) is 31.0 Å². The van der Waals surface area contributed by atoms with Crippen molar-refractivity contribution in [1.29, 1.82) is 0 Å². The molecule has 8 heteroatoms. The highest BCUT2D eigenvalue weighted by molar-refractivity contribution is 7.89. The maximum atomic E-state index is 12.3. The number of carbonyl (C=O) groups excluding carboxylic acids is 1. The monoisotopic (exact) mass is 361 g/mol. The molecule has 6 nitrogen and oxygen atoms in total. The molecule has 1 unspecified atom stereocenters. The van der Waals surface area contributed by atoms with E-state index in [0.29, 0.717) is 12.1 Å². The van der Waals surface area contributed by atoms with Gasteiger partial charge >= 0.3 is 0 Å². The summed E-state index contributed by atoms with van der Waals surface area (Å²) in [4.78, 5) is 12.4. The van der Waals surface area contributed by atoms with Crippen molar-refractivity contribution in [1.82, 2.24) is 14.9 Å². The number of nitrogens with one attached hydrogen (secondary N) is 2. The highest BCUT2D eigenvalue weighted by atomic mass is 35.5. The SMILES string of the molecule is CN(C)S(=O)(=O)c1ccccc1CNC(=O)C1CCCNC1.Cl. The maximum absolute atomic E-state index is 12.3. The van der Waals surface area contributed by atoms with E-state index in [4.69, 9.17) is 0 Å². The van der Waals surface area contributed by atoms with E-state index in [1.807, 2.05) is 0 Å². The van der Waals surface area contributed by atoms with Crippen molar-refractivity contribution < 1.29 is 13.2 Å². The minimum atomic E-state index is -3.51. The normalized spacial score (nSPS) is 18.3. The lowest BCUT2D eigenvalue weighted by atomic mass is 9.99. The molecule has 0 radical (unpaired) electrons. The highest BCUT2D eigenvalue weighted by Gasteiger charge is 2.23. The number of sulfonamides is 1. The molecule has 0 bridgehead atoms. The molecule has 1 heterocycles. The lowest BCUT2D eigenvalue weighted by Gasteiger charge is -2.22. The Balaban J connectivity index is 0.00000264. The largest absolute Gasteiger partial charge is 0.352 e. The van der Waals surface area contributed by atoms with E-state index < -0.39 is 10.0 Å². The van der Waals surface area contributed by atoms with Crippen LogP contribution >= 0.6 is 12.4 Å². The quantitative estimate of drug-likeness (QED) is 0.819. The predicted octanol–water partition coefficient (Wildman–Crippen LogP) is 0.974. The van der Waals surface area contributed by atoms with Gasteiger partial charge in [0, 0.05) is 27.2 Å². The fourth-order valence-electron chi connectivity index (χ4n) is 2.50. The van der Waals surface area contributed by atoms with Crippen LogP contribution < -0.4 is 10.6 Å². The number of amides is 1. The van der Waals surface area contributed by atoms with Crippen molar-refractivity contribution in [2.75, 3.05) is 27.2 Å². The number of rotatable bonds is 5. The molecule has 2 N–H and O–H groups in total. The molecule has 1 aliphatic rings. The second-order valence-corrected chi connectivity index (χ2v) is 7.78. The Morgan fingerprint density at radius 3 is 2.65 bits per heavy atom. The average Bonchev–Trinajstić information content (AvgIpc) is 2.53. The summed E-state index contributed by atoms with van der Waals surface area (Å²) in [5.74, 6) is -0.0596. The number of nitrogens with zero attached hydrogens (tertiary/aromatic N) is 1. The molecular formula is C15H24ClN3O3S. The molecule has 1 aromatic carbocycles. The molecule has 0 aromatic heterocycles. The molecule has 130 valence electrons. The molecule has 1 atom stereocenters. The zero-order valence-corrected chi connectivity index (χ0v) is 15.0. The van der Waals surface area contributed by atoms with Crippen LogP contribution in [0.25, 0.3) is 0 Å². The van der Waals surface area contributed by atoms with Gasteiger partial charge in [0.05, 0.1) is 10.8 Å². The Labute approximate surface area is 144 Å². The van der Waals surface area contributed by atoms with Crippen LogP contribution in [0, 0.1) is 5.92 Å². The number of hydrogen-bond acceptors (Lipinski definition) is 4. The predicted molar refractivity (Wildman–Crippen MR) is 92.0 cm³/mol. The Morgan fingerprint density at radius 1 is 1.35 bits per heavy atom. The minimum Gasteiger partial charge on any atom is -0.352 e. The van der Waals surface area contributed by atoms with Crippen LogP contribution in [0.4, 0.5) is 0 Å². The van der Waals surface area contributed by atoms with Crippen molar-refractivity contribution >= 4 is 28.3 Å². The van der Waals surface area contributed by atoms with Crippen molar-refractivity contribution in [2.24, 2.45) is 5.92 Å². The molecular weight excluding hydrogens is 338 g/mol. The third-order valence-corrected chi connectivity index (χ3v) is 5.77. The zero-order chi connectivity index (χ0) is 16.2. The van der Waals surface area contributed by atoms with Crippen LogP contribution in [-0.4, -0.2) is 45.8 Å². The van der Waals surface area contributed by atoms with Crippen LogP contribution in [0.15, 0.2) is 29.2 Å². The van der Waals surface area contributed by atoms with Gasteiger partial charge in [-0.15, -0.1) is 12.4 Å². The summed E-state index contributed by atoms with van der Waals surface area (Å²) in [6.07, 6.45) is 1.86. The van der Waals surface area contributed by atoms with Gasteiger partial charge in [0.2, 0.25) is 15.9 Å². The molecule has 1 aliphatic heterocycles. The Hall–Kier alpha value is -1.15. The first-order valence-electron chi connectivity index (χ1n) is 7.42. The standard InChI is InChI=1S/C15H23N3O3S.ClH/c1-18(2)22(20,21)14-8-4-3-6-12(14)11-17-15(19)13-7-5-9-16-10-13;/h3-4,6,8,13,16H,5,7,9-11H2,1-2H3,(H,17,19);1H. The van der Waals surface area contributed by atoms with Gasteiger partial charge in [-0.25, -0.2) is 12.7 Å². The van der Waals surface area contributed by atoms with E-state index in [-0.39, 0.29) is 35.7 Å². The Bertz CT molecular complexity index is 629. The number of piperidine rings is 1. The molecule has 2 rings (SSSR count). The van der Waals surface area contributed by atoms with Crippen molar-refractivity contribution in [3.63, 3.8) is 0 Å². The molecule has 1 saturated heterocycles. The van der Waals surface area contributed by atoms with E-state index in [0.717, 1.165) is 19.4 Å². The first kappa shape index (κ1) is 19.9. The summed E-state index contributed by atoms with van der Waals surface area (Å²) in [6.45, 7) is 1.86. The molecule has 1 fully saturated rings.